The molecule has 0 spiro atoms. The Kier molecular flexibility index (Phi) is 6.81. The molecule has 0 saturated heterocycles. The number of phenols is 1. The second-order valence-electron chi connectivity index (χ2n) is 5.05. The van der Waals surface area contributed by atoms with E-state index in [4.69, 9.17) is 0 Å². The summed E-state index contributed by atoms with van der Waals surface area (Å²) in [6.45, 7) is 4.33. The highest BCUT2D eigenvalue weighted by Crippen LogP contribution is 2.34. The number of para-hydroxylation sites is 1. The first-order chi connectivity index (χ1) is 8.70. The Morgan fingerprint density at radius 1 is 1.00 bits per heavy atom. The third-order valence-electron chi connectivity index (χ3n) is 3.54. The van der Waals surface area contributed by atoms with E-state index in [0.29, 0.717) is 5.56 Å². The Bertz CT molecular complexity index is 336. The van der Waals surface area contributed by atoms with Gasteiger partial charge in [0.15, 0.2) is 0 Å². The highest BCUT2D eigenvalue weighted by Gasteiger charge is 2.21. The molecule has 2 N–H and O–H groups in total. The van der Waals surface area contributed by atoms with Crippen molar-refractivity contribution in [3.63, 3.8) is 0 Å². The van der Waals surface area contributed by atoms with E-state index in [1.807, 2.05) is 12.1 Å². The van der Waals surface area contributed by atoms with Gasteiger partial charge in [0.1, 0.15) is 5.75 Å². The third kappa shape index (κ3) is 4.34. The average Bonchev–Trinajstić information content (AvgIpc) is 2.38. The minimum absolute atomic E-state index is 0.210. The molecule has 0 aliphatic heterocycles. The molecule has 2 atom stereocenters. The van der Waals surface area contributed by atoms with Crippen LogP contribution in [0, 0.1) is 5.92 Å². The van der Waals surface area contributed by atoms with Crippen molar-refractivity contribution in [3.05, 3.63) is 29.8 Å². The first kappa shape index (κ1) is 15.0. The minimum Gasteiger partial charge on any atom is -0.508 e. The number of rotatable bonds is 8. The molecule has 1 aromatic rings. The normalized spacial score (nSPS) is 14.4. The second kappa shape index (κ2) is 8.15. The SMILES string of the molecule is CCCCCC(CCC)C(O)c1ccccc1O. The lowest BCUT2D eigenvalue weighted by Gasteiger charge is -2.23. The van der Waals surface area contributed by atoms with Crippen molar-refractivity contribution in [1.29, 1.82) is 0 Å². The van der Waals surface area contributed by atoms with Crippen LogP contribution in [-0.4, -0.2) is 10.2 Å². The van der Waals surface area contributed by atoms with Crippen LogP contribution in [0.1, 0.15) is 64.0 Å². The average molecular weight is 250 g/mol. The molecule has 0 radical (unpaired) electrons. The summed E-state index contributed by atoms with van der Waals surface area (Å²) in [5, 5.41) is 20.2. The number of benzene rings is 1. The van der Waals surface area contributed by atoms with E-state index < -0.39 is 6.10 Å². The van der Waals surface area contributed by atoms with Gasteiger partial charge in [-0.1, -0.05) is 57.7 Å². The molecule has 0 fully saturated rings. The summed E-state index contributed by atoms with van der Waals surface area (Å²) >= 11 is 0. The smallest absolute Gasteiger partial charge is 0.121 e. The van der Waals surface area contributed by atoms with Gasteiger partial charge in [0, 0.05) is 5.56 Å². The van der Waals surface area contributed by atoms with E-state index in [0.717, 1.165) is 25.7 Å². The number of unbranched alkanes of at least 4 members (excludes halogenated alkanes) is 2. The molecule has 18 heavy (non-hydrogen) atoms. The molecule has 2 unspecified atom stereocenters. The largest absolute Gasteiger partial charge is 0.508 e. The Hall–Kier alpha value is -1.02. The zero-order chi connectivity index (χ0) is 13.4. The van der Waals surface area contributed by atoms with E-state index >= 15 is 0 Å². The summed E-state index contributed by atoms with van der Waals surface area (Å²) in [6.07, 6.45) is 6.16. The maximum Gasteiger partial charge on any atom is 0.121 e. The fraction of sp³-hybridized carbons (Fsp3) is 0.625. The van der Waals surface area contributed by atoms with Gasteiger partial charge >= 0.3 is 0 Å². The molecular weight excluding hydrogens is 224 g/mol. The van der Waals surface area contributed by atoms with Crippen LogP contribution >= 0.6 is 0 Å². The van der Waals surface area contributed by atoms with Crippen molar-refractivity contribution in [2.75, 3.05) is 0 Å². The Morgan fingerprint density at radius 3 is 2.33 bits per heavy atom. The fourth-order valence-corrected chi connectivity index (χ4v) is 2.48. The van der Waals surface area contributed by atoms with Gasteiger partial charge in [0.25, 0.3) is 0 Å². The molecule has 1 rings (SSSR count). The van der Waals surface area contributed by atoms with Crippen molar-refractivity contribution in [2.45, 2.75) is 58.5 Å². The Labute approximate surface area is 111 Å². The van der Waals surface area contributed by atoms with Crippen LogP contribution < -0.4 is 0 Å². The van der Waals surface area contributed by atoms with Crippen LogP contribution in [0.4, 0.5) is 0 Å². The van der Waals surface area contributed by atoms with E-state index in [2.05, 4.69) is 13.8 Å². The summed E-state index contributed by atoms with van der Waals surface area (Å²) in [7, 11) is 0. The standard InChI is InChI=1S/C16H26O2/c1-3-5-6-10-13(9-4-2)16(18)14-11-7-8-12-15(14)17/h7-8,11-13,16-18H,3-6,9-10H2,1-2H3. The van der Waals surface area contributed by atoms with Gasteiger partial charge in [-0.15, -0.1) is 0 Å². The second-order valence-corrected chi connectivity index (χ2v) is 5.05. The molecule has 0 aliphatic carbocycles. The van der Waals surface area contributed by atoms with Crippen LogP contribution in [-0.2, 0) is 0 Å². The van der Waals surface area contributed by atoms with E-state index in [-0.39, 0.29) is 11.7 Å². The lowest BCUT2D eigenvalue weighted by Crippen LogP contribution is -2.13. The predicted octanol–water partition coefficient (Wildman–Crippen LogP) is 4.42. The summed E-state index contributed by atoms with van der Waals surface area (Å²) in [5.41, 5.74) is 0.674. The summed E-state index contributed by atoms with van der Waals surface area (Å²) in [5.74, 6) is 0.469. The van der Waals surface area contributed by atoms with E-state index in [9.17, 15) is 10.2 Å². The number of hydrogen-bond donors (Lipinski definition) is 2. The molecule has 0 aromatic heterocycles. The molecular formula is C16H26O2. The summed E-state index contributed by atoms with van der Waals surface area (Å²) in [4.78, 5) is 0. The number of phenolic OH excluding ortho intramolecular Hbond substituents is 1. The van der Waals surface area contributed by atoms with Gasteiger partial charge in [-0.25, -0.2) is 0 Å². The molecule has 0 aliphatic rings. The van der Waals surface area contributed by atoms with Gasteiger partial charge < -0.3 is 10.2 Å². The first-order valence-electron chi connectivity index (χ1n) is 7.16. The van der Waals surface area contributed by atoms with Crippen LogP contribution in [0.5, 0.6) is 5.75 Å². The van der Waals surface area contributed by atoms with Gasteiger partial charge in [-0.05, 0) is 24.8 Å². The van der Waals surface area contributed by atoms with Crippen molar-refractivity contribution < 1.29 is 10.2 Å². The maximum atomic E-state index is 10.4. The summed E-state index contributed by atoms with van der Waals surface area (Å²) in [6, 6.07) is 7.13. The number of aliphatic hydroxyl groups excluding tert-OH is 1. The maximum absolute atomic E-state index is 10.4. The van der Waals surface area contributed by atoms with Crippen LogP contribution in [0.15, 0.2) is 24.3 Å². The molecule has 0 saturated carbocycles. The van der Waals surface area contributed by atoms with E-state index in [1.165, 1.54) is 12.8 Å². The van der Waals surface area contributed by atoms with Crippen LogP contribution in [0.2, 0.25) is 0 Å². The monoisotopic (exact) mass is 250 g/mol. The zero-order valence-electron chi connectivity index (χ0n) is 11.6. The van der Waals surface area contributed by atoms with Crippen LogP contribution in [0.25, 0.3) is 0 Å². The van der Waals surface area contributed by atoms with E-state index in [1.54, 1.807) is 12.1 Å². The van der Waals surface area contributed by atoms with Gasteiger partial charge in [-0.2, -0.15) is 0 Å². The first-order valence-corrected chi connectivity index (χ1v) is 7.16. The molecule has 2 heteroatoms. The molecule has 0 bridgehead atoms. The number of aromatic hydroxyl groups is 1. The van der Waals surface area contributed by atoms with Gasteiger partial charge in [-0.3, -0.25) is 0 Å². The quantitative estimate of drug-likeness (QED) is 0.670. The highest BCUT2D eigenvalue weighted by atomic mass is 16.3. The Balaban J connectivity index is 2.69. The van der Waals surface area contributed by atoms with Crippen LogP contribution in [0.3, 0.4) is 0 Å². The minimum atomic E-state index is -0.539. The number of hydrogen-bond acceptors (Lipinski definition) is 2. The van der Waals surface area contributed by atoms with Crippen molar-refractivity contribution in [2.24, 2.45) is 5.92 Å². The van der Waals surface area contributed by atoms with Gasteiger partial charge in [0.2, 0.25) is 0 Å². The molecule has 0 heterocycles. The summed E-state index contributed by atoms with van der Waals surface area (Å²) < 4.78 is 0. The lowest BCUT2D eigenvalue weighted by molar-refractivity contribution is 0.0928. The molecule has 0 amide bonds. The van der Waals surface area contributed by atoms with Crippen molar-refractivity contribution >= 4 is 0 Å². The number of aliphatic hydroxyl groups is 1. The fourth-order valence-electron chi connectivity index (χ4n) is 2.48. The predicted molar refractivity (Wildman–Crippen MR) is 75.6 cm³/mol. The zero-order valence-corrected chi connectivity index (χ0v) is 11.6. The molecule has 102 valence electrons. The Morgan fingerprint density at radius 2 is 1.72 bits per heavy atom. The topological polar surface area (TPSA) is 40.5 Å². The molecule has 1 aromatic carbocycles. The third-order valence-corrected chi connectivity index (χ3v) is 3.54. The molecule has 2 nitrogen and oxygen atoms in total. The van der Waals surface area contributed by atoms with Gasteiger partial charge in [0.05, 0.1) is 6.10 Å². The lowest BCUT2D eigenvalue weighted by atomic mass is 9.87. The van der Waals surface area contributed by atoms with Crippen molar-refractivity contribution in [3.8, 4) is 5.75 Å². The highest BCUT2D eigenvalue weighted by molar-refractivity contribution is 5.33. The van der Waals surface area contributed by atoms with Crippen molar-refractivity contribution in [1.82, 2.24) is 0 Å².